The minimum Gasteiger partial charge on any atom is -0.366 e. The highest BCUT2D eigenvalue weighted by Crippen LogP contribution is 2.25. The third-order valence-electron chi connectivity index (χ3n) is 4.16. The van der Waals surface area contributed by atoms with Gasteiger partial charge in [0.15, 0.2) is 0 Å². The molecule has 1 atom stereocenters. The number of nitrogens with one attached hydrogen (secondary N) is 1. The van der Waals surface area contributed by atoms with Crippen LogP contribution in [0.1, 0.15) is 41.5 Å². The first kappa shape index (κ1) is 10.3. The summed E-state index contributed by atoms with van der Waals surface area (Å²) < 4.78 is 41.7. The molecule has 1 amide bonds. The maximum absolute atomic E-state index is 11.6. The highest BCUT2D eigenvalue weighted by molar-refractivity contribution is 6.04. The Morgan fingerprint density at radius 2 is 2.17 bits per heavy atom. The zero-order valence-corrected chi connectivity index (χ0v) is 12.9. The van der Waals surface area contributed by atoms with Crippen molar-refractivity contribution in [2.45, 2.75) is 18.8 Å². The molecule has 5 nitrogen and oxygen atoms in total. The van der Waals surface area contributed by atoms with Gasteiger partial charge in [-0.2, -0.15) is 5.10 Å². The Labute approximate surface area is 147 Å². The van der Waals surface area contributed by atoms with Crippen LogP contribution in [0.25, 0.3) is 16.6 Å². The van der Waals surface area contributed by atoms with E-state index in [-0.39, 0.29) is 18.2 Å². The van der Waals surface area contributed by atoms with E-state index in [1.54, 1.807) is 42.5 Å². The molecule has 0 aliphatic carbocycles. The molecule has 24 heavy (non-hydrogen) atoms. The summed E-state index contributed by atoms with van der Waals surface area (Å²) >= 11 is 0. The van der Waals surface area contributed by atoms with E-state index in [0.717, 1.165) is 5.56 Å². The fourth-order valence-electron chi connectivity index (χ4n) is 2.89. The topological polar surface area (TPSA) is 72.9 Å². The van der Waals surface area contributed by atoms with Gasteiger partial charge in [0.2, 0.25) is 0 Å². The molecule has 0 saturated carbocycles. The van der Waals surface area contributed by atoms with Crippen LogP contribution in [0, 0.1) is 0 Å². The largest absolute Gasteiger partial charge is 0.366 e. The quantitative estimate of drug-likeness (QED) is 0.777. The van der Waals surface area contributed by atoms with Gasteiger partial charge >= 0.3 is 0 Å². The normalized spacial score (nSPS) is 25.2. The maximum Gasteiger partial charge on any atom is 0.250 e. The van der Waals surface area contributed by atoms with Gasteiger partial charge in [-0.05, 0) is 49.0 Å². The van der Waals surface area contributed by atoms with E-state index in [0.29, 0.717) is 23.0 Å². The maximum atomic E-state index is 11.6. The number of rotatable bonds is 3. The van der Waals surface area contributed by atoms with Crippen LogP contribution in [0.15, 0.2) is 48.6 Å². The number of piperidine rings is 1. The summed E-state index contributed by atoms with van der Waals surface area (Å²) in [6.07, 6.45) is 0.721. The fourth-order valence-corrected chi connectivity index (χ4v) is 2.89. The van der Waals surface area contributed by atoms with Gasteiger partial charge in [0.25, 0.3) is 5.91 Å². The van der Waals surface area contributed by atoms with E-state index in [1.807, 2.05) is 0 Å². The predicted molar refractivity (Wildman–Crippen MR) is 94.4 cm³/mol. The van der Waals surface area contributed by atoms with Gasteiger partial charge in [-0.3, -0.25) is 4.79 Å². The minimum atomic E-state index is -1.87. The summed E-state index contributed by atoms with van der Waals surface area (Å²) in [6, 6.07) is 11.9. The molecule has 1 saturated heterocycles. The second-order valence-corrected chi connectivity index (χ2v) is 5.72. The summed E-state index contributed by atoms with van der Waals surface area (Å²) in [5.41, 5.74) is 7.36. The minimum absolute atomic E-state index is 0.124. The zero-order chi connectivity index (χ0) is 21.0. The van der Waals surface area contributed by atoms with Gasteiger partial charge in [0.1, 0.15) is 5.52 Å². The van der Waals surface area contributed by atoms with Crippen molar-refractivity contribution in [3.05, 3.63) is 59.8 Å². The summed E-state index contributed by atoms with van der Waals surface area (Å²) in [5.74, 6) is -1.10. The number of hydrogen-bond acceptors (Lipinski definition) is 3. The summed E-state index contributed by atoms with van der Waals surface area (Å²) in [6.45, 7) is -3.60. The van der Waals surface area contributed by atoms with E-state index in [9.17, 15) is 4.79 Å². The molecule has 1 aromatic heterocycles. The third kappa shape index (κ3) is 2.67. The standard InChI is InChI=1S/C19H20N4O/c20-19(24)17-5-1-3-15-12-23(22-18(15)17)16-8-6-13(7-9-16)14-4-2-10-21-11-14/h1,3,5-9,12,14,21H,2,4,10-11H2,(H2,20,24)/t14-/m1/s1/i10D2,11D2,12D. The lowest BCUT2D eigenvalue weighted by Crippen LogP contribution is -2.28. The first-order chi connectivity index (χ1) is 13.6. The second kappa shape index (κ2) is 6.09. The lowest BCUT2D eigenvalue weighted by Gasteiger charge is -2.23. The van der Waals surface area contributed by atoms with E-state index in [2.05, 4.69) is 10.4 Å². The molecule has 5 heteroatoms. The Balaban J connectivity index is 1.70. The number of amides is 1. The number of carbonyl (C=O) groups is 1. The SMILES string of the molecule is [2H]c1c2cccc(C(N)=O)c2nn1-c1ccc([C@@H]2CCC([2H])([2H])NC2([2H])[2H])cc1. The van der Waals surface area contributed by atoms with Crippen LogP contribution >= 0.6 is 0 Å². The molecule has 1 fully saturated rings. The van der Waals surface area contributed by atoms with Crippen molar-refractivity contribution in [2.75, 3.05) is 13.0 Å². The predicted octanol–water partition coefficient (Wildman–Crippen LogP) is 2.59. The zero-order valence-electron chi connectivity index (χ0n) is 17.9. The second-order valence-electron chi connectivity index (χ2n) is 5.72. The van der Waals surface area contributed by atoms with Crippen LogP contribution in [-0.2, 0) is 0 Å². The van der Waals surface area contributed by atoms with Crippen molar-refractivity contribution in [3.63, 3.8) is 0 Å². The Morgan fingerprint density at radius 1 is 1.33 bits per heavy atom. The Bertz CT molecular complexity index is 1090. The molecular formula is C19H20N4O. The Hall–Kier alpha value is -2.66. The molecule has 3 N–H and O–H groups in total. The van der Waals surface area contributed by atoms with Gasteiger partial charge < -0.3 is 11.1 Å². The number of carbonyl (C=O) groups excluding carboxylic acids is 1. The molecule has 1 aliphatic heterocycles. The Morgan fingerprint density at radius 3 is 2.92 bits per heavy atom. The van der Waals surface area contributed by atoms with Crippen LogP contribution in [0.4, 0.5) is 0 Å². The van der Waals surface area contributed by atoms with Crippen molar-refractivity contribution in [2.24, 2.45) is 5.73 Å². The van der Waals surface area contributed by atoms with Crippen LogP contribution in [0.5, 0.6) is 0 Å². The van der Waals surface area contributed by atoms with Gasteiger partial charge in [-0.15, -0.1) is 0 Å². The highest BCUT2D eigenvalue weighted by atomic mass is 16.1. The van der Waals surface area contributed by atoms with Gasteiger partial charge in [0, 0.05) is 23.5 Å². The number of nitrogens with two attached hydrogens (primary N) is 1. The van der Waals surface area contributed by atoms with E-state index >= 15 is 0 Å². The molecule has 1 aliphatic rings. The highest BCUT2D eigenvalue weighted by Gasteiger charge is 2.15. The summed E-state index contributed by atoms with van der Waals surface area (Å²) in [4.78, 5) is 11.6. The number of primary amides is 1. The molecule has 122 valence electrons. The molecule has 3 aromatic rings. The van der Waals surface area contributed by atoms with E-state index in [1.165, 1.54) is 4.68 Å². The first-order valence-corrected chi connectivity index (χ1v) is 7.77. The molecule has 4 rings (SSSR count). The van der Waals surface area contributed by atoms with E-state index in [4.69, 9.17) is 12.6 Å². The molecular weight excluding hydrogens is 300 g/mol. The molecule has 0 spiro atoms. The molecule has 2 heterocycles. The van der Waals surface area contributed by atoms with Gasteiger partial charge in [-0.1, -0.05) is 24.3 Å². The van der Waals surface area contributed by atoms with Crippen molar-refractivity contribution in [1.29, 1.82) is 0 Å². The molecule has 0 unspecified atom stereocenters. The van der Waals surface area contributed by atoms with Crippen LogP contribution in [-0.4, -0.2) is 28.7 Å². The average molecular weight is 325 g/mol. The lowest BCUT2D eigenvalue weighted by molar-refractivity contribution is 0.100. The Kier molecular flexibility index (Phi) is 2.60. The van der Waals surface area contributed by atoms with Gasteiger partial charge in [0.05, 0.1) is 12.6 Å². The first-order valence-electron chi connectivity index (χ1n) is 10.3. The number of benzene rings is 2. The van der Waals surface area contributed by atoms with Gasteiger partial charge in [-0.25, -0.2) is 4.68 Å². The number of hydrogen-bond donors (Lipinski definition) is 2. The lowest BCUT2D eigenvalue weighted by atomic mass is 9.92. The van der Waals surface area contributed by atoms with Crippen LogP contribution < -0.4 is 11.1 Å². The van der Waals surface area contributed by atoms with Crippen molar-refractivity contribution < 1.29 is 11.6 Å². The molecule has 0 bridgehead atoms. The number of nitrogens with zero attached hydrogens (tertiary/aromatic N) is 2. The number of aromatic nitrogens is 2. The molecule has 2 aromatic carbocycles. The molecule has 0 radical (unpaired) electrons. The average Bonchev–Trinajstić information content (AvgIpc) is 2.97. The summed E-state index contributed by atoms with van der Waals surface area (Å²) in [5, 5.41) is 7.35. The van der Waals surface area contributed by atoms with Crippen molar-refractivity contribution >= 4 is 16.8 Å². The summed E-state index contributed by atoms with van der Waals surface area (Å²) in [7, 11) is 0. The third-order valence-corrected chi connectivity index (χ3v) is 4.16. The smallest absolute Gasteiger partial charge is 0.250 e. The number of fused-ring (bicyclic) bond motifs is 1. The van der Waals surface area contributed by atoms with Crippen LogP contribution in [0.2, 0.25) is 0 Å². The van der Waals surface area contributed by atoms with Crippen molar-refractivity contribution in [3.8, 4) is 5.69 Å². The van der Waals surface area contributed by atoms with Crippen molar-refractivity contribution in [1.82, 2.24) is 15.1 Å². The fraction of sp³-hybridized carbons (Fsp3) is 0.263. The monoisotopic (exact) mass is 325 g/mol. The van der Waals surface area contributed by atoms with Crippen LogP contribution in [0.3, 0.4) is 0 Å². The van der Waals surface area contributed by atoms with E-state index < -0.39 is 24.8 Å².